The maximum absolute atomic E-state index is 14.5. The van der Waals surface area contributed by atoms with Crippen LogP contribution in [0, 0.1) is 0 Å². The van der Waals surface area contributed by atoms with E-state index in [4.69, 9.17) is 27.9 Å². The molecule has 0 fully saturated rings. The Hall–Kier alpha value is -4.05. The van der Waals surface area contributed by atoms with Crippen molar-refractivity contribution >= 4 is 50.7 Å². The average molecular weight is 683 g/mol. The lowest BCUT2D eigenvalue weighted by atomic mass is 10.0. The second-order valence-electron chi connectivity index (χ2n) is 10.5. The minimum absolute atomic E-state index is 0.0129. The topological polar surface area (TPSA) is 96.0 Å². The smallest absolute Gasteiger partial charge is 0.264 e. The number of hydrogen-bond acceptors (Lipinski definition) is 5. The lowest BCUT2D eigenvalue weighted by Gasteiger charge is -2.34. The molecule has 0 spiro atoms. The van der Waals surface area contributed by atoms with E-state index in [1.165, 1.54) is 17.0 Å². The van der Waals surface area contributed by atoms with Gasteiger partial charge in [-0.25, -0.2) is 8.42 Å². The number of carbonyl (C=O) groups excluding carboxylic acids is 2. The summed E-state index contributed by atoms with van der Waals surface area (Å²) in [5, 5.41) is 3.55. The van der Waals surface area contributed by atoms with E-state index < -0.39 is 28.5 Å². The molecule has 1 N–H and O–H groups in total. The van der Waals surface area contributed by atoms with Gasteiger partial charge in [0, 0.05) is 35.1 Å². The van der Waals surface area contributed by atoms with Crippen LogP contribution in [0.1, 0.15) is 31.4 Å². The van der Waals surface area contributed by atoms with Crippen LogP contribution >= 0.6 is 23.2 Å². The van der Waals surface area contributed by atoms with Crippen molar-refractivity contribution in [2.75, 3.05) is 24.0 Å². The van der Waals surface area contributed by atoms with E-state index in [0.29, 0.717) is 40.9 Å². The van der Waals surface area contributed by atoms with Gasteiger partial charge in [-0.1, -0.05) is 84.7 Å². The van der Waals surface area contributed by atoms with E-state index in [-0.39, 0.29) is 29.5 Å². The molecule has 0 heterocycles. The molecule has 8 nitrogen and oxygen atoms in total. The van der Waals surface area contributed by atoms with Crippen LogP contribution in [0.15, 0.2) is 108 Å². The zero-order valence-electron chi connectivity index (χ0n) is 25.7. The van der Waals surface area contributed by atoms with Crippen LogP contribution in [-0.2, 0) is 32.6 Å². The van der Waals surface area contributed by atoms with Crippen molar-refractivity contribution in [1.82, 2.24) is 10.2 Å². The van der Waals surface area contributed by atoms with Crippen molar-refractivity contribution in [2.24, 2.45) is 0 Å². The highest BCUT2D eigenvalue weighted by atomic mass is 35.5. The third-order valence-corrected chi connectivity index (χ3v) is 9.75. The summed E-state index contributed by atoms with van der Waals surface area (Å²) in [5.41, 5.74) is 1.52. The molecule has 0 aliphatic carbocycles. The van der Waals surface area contributed by atoms with Gasteiger partial charge in [-0.2, -0.15) is 0 Å². The molecule has 0 saturated carbocycles. The van der Waals surface area contributed by atoms with Crippen molar-refractivity contribution in [2.45, 2.75) is 44.2 Å². The fourth-order valence-corrected chi connectivity index (χ4v) is 6.85. The summed E-state index contributed by atoms with van der Waals surface area (Å²) in [6, 6.07) is 27.7. The number of sulfonamides is 1. The molecule has 0 bridgehead atoms. The van der Waals surface area contributed by atoms with E-state index in [1.54, 1.807) is 60.7 Å². The Morgan fingerprint density at radius 1 is 0.826 bits per heavy atom. The molecule has 11 heteroatoms. The molecule has 0 aromatic heterocycles. The molecule has 2 amide bonds. The third-order valence-electron chi connectivity index (χ3n) is 7.26. The van der Waals surface area contributed by atoms with Gasteiger partial charge in [-0.3, -0.25) is 13.9 Å². The van der Waals surface area contributed by atoms with Crippen LogP contribution in [0.25, 0.3) is 0 Å². The highest BCUT2D eigenvalue weighted by Crippen LogP contribution is 2.29. The molecule has 1 atom stereocenters. The van der Waals surface area contributed by atoms with E-state index in [0.717, 1.165) is 9.87 Å². The second-order valence-corrected chi connectivity index (χ2v) is 13.1. The van der Waals surface area contributed by atoms with Gasteiger partial charge in [-0.05, 0) is 67.4 Å². The lowest BCUT2D eigenvalue weighted by molar-refractivity contribution is -0.140. The number of rotatable bonds is 15. The summed E-state index contributed by atoms with van der Waals surface area (Å²) < 4.78 is 34.8. The maximum Gasteiger partial charge on any atom is 0.264 e. The number of nitrogens with one attached hydrogen (secondary N) is 1. The quantitative estimate of drug-likeness (QED) is 0.150. The van der Waals surface area contributed by atoms with Crippen LogP contribution in [0.3, 0.4) is 0 Å². The van der Waals surface area contributed by atoms with Crippen molar-refractivity contribution in [3.63, 3.8) is 0 Å². The fourth-order valence-electron chi connectivity index (χ4n) is 4.90. The molecule has 4 aromatic rings. The van der Waals surface area contributed by atoms with Crippen LogP contribution in [0.2, 0.25) is 10.0 Å². The SMILES string of the molecule is CCCNC(=O)C(Cc1ccccc1)N(Cc1c(Cl)cccc1Cl)C(=O)CN(c1ccc(OCC)cc1)S(=O)(=O)c1ccccc1. The van der Waals surface area contributed by atoms with Crippen molar-refractivity contribution in [3.8, 4) is 5.75 Å². The van der Waals surface area contributed by atoms with Gasteiger partial charge in [0.2, 0.25) is 11.8 Å². The number of halogens is 2. The Balaban J connectivity index is 1.82. The minimum Gasteiger partial charge on any atom is -0.494 e. The molecule has 0 saturated heterocycles. The van der Waals surface area contributed by atoms with Crippen molar-refractivity contribution < 1.29 is 22.7 Å². The molecular formula is C35H37Cl2N3O5S. The standard InChI is InChI=1S/C35H37Cl2N3O5S/c1-3-22-38-35(42)33(23-26-12-7-5-8-13-26)39(24-30-31(36)16-11-17-32(30)37)34(41)25-40(27-18-20-28(21-19-27)45-4-2)46(43,44)29-14-9-6-10-15-29/h5-21,33H,3-4,22-25H2,1-2H3,(H,38,42). The minimum atomic E-state index is -4.22. The van der Waals surface area contributed by atoms with Gasteiger partial charge in [0.1, 0.15) is 18.3 Å². The zero-order chi connectivity index (χ0) is 33.1. The molecule has 242 valence electrons. The number of nitrogens with zero attached hydrogens (tertiary/aromatic N) is 2. The van der Waals surface area contributed by atoms with Crippen molar-refractivity contribution in [3.05, 3.63) is 124 Å². The van der Waals surface area contributed by atoms with E-state index in [2.05, 4.69) is 5.32 Å². The molecule has 0 aliphatic rings. The van der Waals surface area contributed by atoms with Crippen LogP contribution in [0.4, 0.5) is 5.69 Å². The van der Waals surface area contributed by atoms with Crippen LogP contribution in [-0.4, -0.2) is 50.9 Å². The predicted octanol–water partition coefficient (Wildman–Crippen LogP) is 6.75. The molecule has 1 unspecified atom stereocenters. The van der Waals surface area contributed by atoms with Gasteiger partial charge in [-0.15, -0.1) is 0 Å². The van der Waals surface area contributed by atoms with Gasteiger partial charge in [0.25, 0.3) is 10.0 Å². The lowest BCUT2D eigenvalue weighted by Crippen LogP contribution is -2.53. The number of benzene rings is 4. The molecule has 0 aliphatic heterocycles. The molecule has 0 radical (unpaired) electrons. The zero-order valence-corrected chi connectivity index (χ0v) is 28.1. The molecular weight excluding hydrogens is 645 g/mol. The second kappa shape index (κ2) is 16.5. The van der Waals surface area contributed by atoms with Gasteiger partial charge >= 0.3 is 0 Å². The Morgan fingerprint density at radius 3 is 2.02 bits per heavy atom. The summed E-state index contributed by atoms with van der Waals surface area (Å²) in [6.07, 6.45) is 0.869. The highest BCUT2D eigenvalue weighted by Gasteiger charge is 2.35. The summed E-state index contributed by atoms with van der Waals surface area (Å²) in [5.74, 6) is -0.433. The Kier molecular flexibility index (Phi) is 12.5. The largest absolute Gasteiger partial charge is 0.494 e. The molecule has 4 aromatic carbocycles. The number of carbonyl (C=O) groups is 2. The summed E-state index contributed by atoms with van der Waals surface area (Å²) in [7, 11) is -4.22. The van der Waals surface area contributed by atoms with Gasteiger partial charge < -0.3 is 15.0 Å². The Labute approximate surface area is 280 Å². The van der Waals surface area contributed by atoms with E-state index >= 15 is 0 Å². The number of anilines is 1. The van der Waals surface area contributed by atoms with Crippen molar-refractivity contribution in [1.29, 1.82) is 0 Å². The number of ether oxygens (including phenoxy) is 1. The Bertz CT molecular complexity index is 1690. The Morgan fingerprint density at radius 2 is 1.43 bits per heavy atom. The summed E-state index contributed by atoms with van der Waals surface area (Å²) >= 11 is 13.1. The van der Waals surface area contributed by atoms with Gasteiger partial charge in [0.15, 0.2) is 0 Å². The number of hydrogen-bond donors (Lipinski definition) is 1. The maximum atomic E-state index is 14.5. The number of amides is 2. The monoisotopic (exact) mass is 681 g/mol. The third kappa shape index (κ3) is 8.81. The predicted molar refractivity (Wildman–Crippen MR) is 183 cm³/mol. The molecule has 46 heavy (non-hydrogen) atoms. The first-order chi connectivity index (χ1) is 22.1. The van der Waals surface area contributed by atoms with Crippen LogP contribution in [0.5, 0.6) is 5.75 Å². The fraction of sp³-hybridized carbons (Fsp3) is 0.257. The van der Waals surface area contributed by atoms with E-state index in [1.807, 2.05) is 44.2 Å². The first-order valence-corrected chi connectivity index (χ1v) is 17.2. The molecule has 4 rings (SSSR count). The summed E-state index contributed by atoms with van der Waals surface area (Å²) in [4.78, 5) is 29.7. The van der Waals surface area contributed by atoms with Crippen LogP contribution < -0.4 is 14.4 Å². The first-order valence-electron chi connectivity index (χ1n) is 15.0. The average Bonchev–Trinajstić information content (AvgIpc) is 3.06. The highest BCUT2D eigenvalue weighted by molar-refractivity contribution is 7.92. The normalized spacial score (nSPS) is 11.8. The van der Waals surface area contributed by atoms with Gasteiger partial charge in [0.05, 0.1) is 17.2 Å². The van der Waals surface area contributed by atoms with E-state index in [9.17, 15) is 18.0 Å². The summed E-state index contributed by atoms with van der Waals surface area (Å²) in [6.45, 7) is 3.89. The first kappa shape index (κ1) is 34.8.